The fraction of sp³-hybridized carbons (Fsp3) is 0.214. The van der Waals surface area contributed by atoms with Gasteiger partial charge in [-0.3, -0.25) is 4.98 Å². The Morgan fingerprint density at radius 3 is 2.50 bits per heavy atom. The normalized spacial score (nSPS) is 11.6. The quantitative estimate of drug-likeness (QED) is 0.900. The summed E-state index contributed by atoms with van der Waals surface area (Å²) < 4.78 is 38.6. The van der Waals surface area contributed by atoms with Crippen molar-refractivity contribution in [3.8, 4) is 0 Å². The summed E-state index contributed by atoms with van der Waals surface area (Å²) in [5.41, 5.74) is 0.940. The van der Waals surface area contributed by atoms with Gasteiger partial charge in [0.15, 0.2) is 0 Å². The van der Waals surface area contributed by atoms with Crippen molar-refractivity contribution in [3.63, 3.8) is 0 Å². The Morgan fingerprint density at radius 1 is 1.05 bits per heavy atom. The number of alkyl halides is 3. The lowest BCUT2D eigenvalue weighted by molar-refractivity contribution is -0.137. The molecule has 20 heavy (non-hydrogen) atoms. The molecular weight excluding hydrogens is 333 g/mol. The molecule has 0 aliphatic rings. The van der Waals surface area contributed by atoms with Crippen LogP contribution in [0.2, 0.25) is 0 Å². The summed E-state index contributed by atoms with van der Waals surface area (Å²) >= 11 is 3.32. The highest BCUT2D eigenvalue weighted by molar-refractivity contribution is 9.10. The van der Waals surface area contributed by atoms with E-state index in [0.29, 0.717) is 18.7 Å². The smallest absolute Gasteiger partial charge is 0.309 e. The van der Waals surface area contributed by atoms with Gasteiger partial charge in [0.2, 0.25) is 0 Å². The summed E-state index contributed by atoms with van der Waals surface area (Å²) in [5, 5.41) is 3.10. The molecule has 0 bridgehead atoms. The standard InChI is InChI=1S/C14H12BrF3N2/c15-13-5-11(8-20-9-13)7-19-6-10-2-1-3-12(4-10)14(16,17)18/h1-5,8-9,19H,6-7H2. The van der Waals surface area contributed by atoms with E-state index in [2.05, 4.69) is 26.2 Å². The highest BCUT2D eigenvalue weighted by atomic mass is 79.9. The molecule has 0 fully saturated rings. The van der Waals surface area contributed by atoms with Crippen LogP contribution in [-0.2, 0) is 19.3 Å². The average Bonchev–Trinajstić information content (AvgIpc) is 2.38. The lowest BCUT2D eigenvalue weighted by Gasteiger charge is -2.09. The third-order valence-electron chi connectivity index (χ3n) is 2.67. The van der Waals surface area contributed by atoms with Crippen molar-refractivity contribution in [2.45, 2.75) is 19.3 Å². The maximum absolute atomic E-state index is 12.6. The molecule has 2 rings (SSSR count). The van der Waals surface area contributed by atoms with E-state index in [4.69, 9.17) is 0 Å². The Labute approximate surface area is 123 Å². The third-order valence-corrected chi connectivity index (χ3v) is 3.11. The summed E-state index contributed by atoms with van der Waals surface area (Å²) in [5.74, 6) is 0. The van der Waals surface area contributed by atoms with Crippen molar-refractivity contribution in [1.29, 1.82) is 0 Å². The molecule has 2 nitrogen and oxygen atoms in total. The van der Waals surface area contributed by atoms with Crippen LogP contribution < -0.4 is 5.32 Å². The zero-order valence-electron chi connectivity index (χ0n) is 10.4. The molecule has 0 aliphatic carbocycles. The SMILES string of the molecule is FC(F)(F)c1cccc(CNCc2cncc(Br)c2)c1. The minimum Gasteiger partial charge on any atom is -0.309 e. The van der Waals surface area contributed by atoms with Crippen molar-refractivity contribution in [1.82, 2.24) is 10.3 Å². The zero-order valence-corrected chi connectivity index (χ0v) is 12.0. The second-order valence-corrected chi connectivity index (χ2v) is 5.23. The fourth-order valence-corrected chi connectivity index (χ4v) is 2.17. The van der Waals surface area contributed by atoms with E-state index in [1.54, 1.807) is 18.5 Å². The fourth-order valence-electron chi connectivity index (χ4n) is 1.76. The number of halogens is 4. The van der Waals surface area contributed by atoms with Crippen molar-refractivity contribution in [3.05, 3.63) is 63.9 Å². The molecular formula is C14H12BrF3N2. The number of pyridine rings is 1. The van der Waals surface area contributed by atoms with Gasteiger partial charge in [0, 0.05) is 30.0 Å². The van der Waals surface area contributed by atoms with Crippen LogP contribution in [0, 0.1) is 0 Å². The topological polar surface area (TPSA) is 24.9 Å². The molecule has 0 saturated carbocycles. The van der Waals surface area contributed by atoms with Crippen LogP contribution in [0.5, 0.6) is 0 Å². The van der Waals surface area contributed by atoms with Gasteiger partial charge in [0.1, 0.15) is 0 Å². The molecule has 0 unspecified atom stereocenters. The molecule has 1 aromatic heterocycles. The van der Waals surface area contributed by atoms with E-state index in [-0.39, 0.29) is 0 Å². The van der Waals surface area contributed by atoms with Crippen LogP contribution in [0.15, 0.2) is 47.2 Å². The maximum Gasteiger partial charge on any atom is 0.416 e. The van der Waals surface area contributed by atoms with Crippen LogP contribution in [0.4, 0.5) is 13.2 Å². The van der Waals surface area contributed by atoms with Gasteiger partial charge in [0.05, 0.1) is 5.56 Å². The Morgan fingerprint density at radius 2 is 1.80 bits per heavy atom. The number of nitrogens with zero attached hydrogens (tertiary/aromatic N) is 1. The molecule has 106 valence electrons. The minimum atomic E-state index is -4.30. The number of nitrogens with one attached hydrogen (secondary N) is 1. The lowest BCUT2D eigenvalue weighted by Crippen LogP contribution is -2.14. The number of hydrogen-bond donors (Lipinski definition) is 1. The monoisotopic (exact) mass is 344 g/mol. The van der Waals surface area contributed by atoms with Gasteiger partial charge in [0.25, 0.3) is 0 Å². The molecule has 0 atom stereocenters. The number of benzene rings is 1. The molecule has 1 aromatic carbocycles. The zero-order chi connectivity index (χ0) is 14.6. The van der Waals surface area contributed by atoms with Gasteiger partial charge in [-0.05, 0) is 39.2 Å². The van der Waals surface area contributed by atoms with Crippen molar-refractivity contribution in [2.24, 2.45) is 0 Å². The van der Waals surface area contributed by atoms with Crippen molar-refractivity contribution in [2.75, 3.05) is 0 Å². The first-order valence-electron chi connectivity index (χ1n) is 5.91. The summed E-state index contributed by atoms with van der Waals surface area (Å²) in [6.07, 6.45) is -0.912. The van der Waals surface area contributed by atoms with E-state index in [1.807, 2.05) is 6.07 Å². The van der Waals surface area contributed by atoms with Crippen LogP contribution in [0.25, 0.3) is 0 Å². The van der Waals surface area contributed by atoms with Gasteiger partial charge in [-0.25, -0.2) is 0 Å². The largest absolute Gasteiger partial charge is 0.416 e. The Kier molecular flexibility index (Phi) is 4.77. The van der Waals surface area contributed by atoms with E-state index in [9.17, 15) is 13.2 Å². The van der Waals surface area contributed by atoms with Gasteiger partial charge in [-0.15, -0.1) is 0 Å². The first-order valence-corrected chi connectivity index (χ1v) is 6.71. The Bertz CT molecular complexity index is 585. The molecule has 1 heterocycles. The average molecular weight is 345 g/mol. The van der Waals surface area contributed by atoms with Crippen molar-refractivity contribution >= 4 is 15.9 Å². The molecule has 0 spiro atoms. The molecule has 0 amide bonds. The van der Waals surface area contributed by atoms with E-state index < -0.39 is 11.7 Å². The number of aromatic nitrogens is 1. The van der Waals surface area contributed by atoms with Crippen LogP contribution >= 0.6 is 15.9 Å². The molecule has 1 N–H and O–H groups in total. The lowest BCUT2D eigenvalue weighted by atomic mass is 10.1. The molecule has 0 aliphatic heterocycles. The highest BCUT2D eigenvalue weighted by Gasteiger charge is 2.30. The third kappa shape index (κ3) is 4.31. The van der Waals surface area contributed by atoms with Crippen LogP contribution in [0.3, 0.4) is 0 Å². The second kappa shape index (κ2) is 6.37. The van der Waals surface area contributed by atoms with Gasteiger partial charge >= 0.3 is 6.18 Å². The van der Waals surface area contributed by atoms with E-state index in [0.717, 1.165) is 22.2 Å². The summed E-state index contributed by atoms with van der Waals surface area (Å²) in [6.45, 7) is 0.916. The van der Waals surface area contributed by atoms with Gasteiger partial charge in [-0.1, -0.05) is 18.2 Å². The molecule has 6 heteroatoms. The Hall–Kier alpha value is -1.40. The first kappa shape index (κ1) is 15.0. The minimum absolute atomic E-state index is 0.371. The predicted octanol–water partition coefficient (Wildman–Crippen LogP) is 4.15. The molecule has 0 saturated heterocycles. The summed E-state index contributed by atoms with van der Waals surface area (Å²) in [7, 11) is 0. The highest BCUT2D eigenvalue weighted by Crippen LogP contribution is 2.29. The molecule has 2 aromatic rings. The van der Waals surface area contributed by atoms with Crippen LogP contribution in [0.1, 0.15) is 16.7 Å². The molecule has 0 radical (unpaired) electrons. The number of rotatable bonds is 4. The van der Waals surface area contributed by atoms with Crippen molar-refractivity contribution < 1.29 is 13.2 Å². The Balaban J connectivity index is 1.94. The number of hydrogen-bond acceptors (Lipinski definition) is 2. The van der Waals surface area contributed by atoms with E-state index in [1.165, 1.54) is 6.07 Å². The van der Waals surface area contributed by atoms with Gasteiger partial charge in [-0.2, -0.15) is 13.2 Å². The summed E-state index contributed by atoms with van der Waals surface area (Å²) in [6, 6.07) is 7.22. The second-order valence-electron chi connectivity index (χ2n) is 4.31. The maximum atomic E-state index is 12.6. The van der Waals surface area contributed by atoms with E-state index >= 15 is 0 Å². The van der Waals surface area contributed by atoms with Crippen LogP contribution in [-0.4, -0.2) is 4.98 Å². The predicted molar refractivity (Wildman–Crippen MR) is 73.9 cm³/mol. The summed E-state index contributed by atoms with van der Waals surface area (Å²) in [4.78, 5) is 4.02. The van der Waals surface area contributed by atoms with Gasteiger partial charge < -0.3 is 5.32 Å². The first-order chi connectivity index (χ1) is 9.45.